The van der Waals surface area contributed by atoms with Gasteiger partial charge < -0.3 is 33.8 Å². The van der Waals surface area contributed by atoms with E-state index in [-0.39, 0.29) is 76.9 Å². The first kappa shape index (κ1) is 34.3. The molecular weight excluding hydrogens is 743 g/mol. The largest absolute Gasteiger partial charge is 0.553 e. The molecule has 0 nitrogen and oxygen atoms in total. The smallest absolute Gasteiger partial charge is 0.00338 e. The standard InChI is InChI=1S/H23P24/c1-14(2)20(13)23(19(11)12)24(21(15(3)4)16(5)6)22(17(7)8)18(9)10/h1-3H,4-13H2/q-3. The van der Waals surface area contributed by atoms with Crippen LogP contribution in [0.15, 0.2) is 0 Å². The van der Waals surface area contributed by atoms with Crippen LogP contribution < -0.4 is 0 Å². The molecule has 146 valence electrons. The highest BCUT2D eigenvalue weighted by Gasteiger charge is 2.43. The number of rotatable bonds is 10. The molecule has 0 amide bonds. The molecule has 0 saturated carbocycles. The van der Waals surface area contributed by atoms with Crippen molar-refractivity contribution in [3.8, 4) is 0 Å². The van der Waals surface area contributed by atoms with Crippen molar-refractivity contribution in [2.24, 2.45) is 0 Å². The molecule has 15 unspecified atom stereocenters. The zero-order valence-electron chi connectivity index (χ0n) is 12.2. The molecule has 0 saturated heterocycles. The molecule has 24 heteroatoms. The van der Waals surface area contributed by atoms with E-state index < -0.39 is 0 Å². The van der Waals surface area contributed by atoms with Crippen molar-refractivity contribution in [2.45, 2.75) is 0 Å². The van der Waals surface area contributed by atoms with Crippen molar-refractivity contribution in [1.29, 1.82) is 0 Å². The third-order valence-corrected chi connectivity index (χ3v) is 153. The van der Waals surface area contributed by atoms with E-state index in [1.807, 2.05) is 0 Å². The zero-order valence-corrected chi connectivity index (χ0v) is 36.6. The van der Waals surface area contributed by atoms with Gasteiger partial charge in [0.2, 0.25) is 0 Å². The van der Waals surface area contributed by atoms with E-state index in [2.05, 4.69) is 116 Å². The van der Waals surface area contributed by atoms with Gasteiger partial charge in [0.25, 0.3) is 0 Å². The predicted molar refractivity (Wildman–Crippen MR) is 198 cm³/mol. The Hall–Kier alpha value is 10.3. The molecule has 0 aliphatic carbocycles. The summed E-state index contributed by atoms with van der Waals surface area (Å²) in [6.07, 6.45) is 0. The van der Waals surface area contributed by atoms with Crippen LogP contribution in [0.1, 0.15) is 0 Å². The molecule has 0 aliphatic rings. The quantitative estimate of drug-likeness (QED) is 0.194. The van der Waals surface area contributed by atoms with Crippen LogP contribution in [0, 0.1) is 0 Å². The maximum Gasteiger partial charge on any atom is -0.00338 e. The second kappa shape index (κ2) is 18.5. The van der Waals surface area contributed by atoms with Gasteiger partial charge in [-0.2, -0.15) is 0 Å². The molecule has 0 radical (unpaired) electrons. The summed E-state index contributed by atoms with van der Waals surface area (Å²) in [5.41, 5.74) is 0. The van der Waals surface area contributed by atoms with E-state index in [4.69, 9.17) is 0 Å². The fourth-order valence-electron chi connectivity index (χ4n) is 1.17. The first-order chi connectivity index (χ1) is 10.8. The molecule has 0 aromatic heterocycles. The lowest BCUT2D eigenvalue weighted by molar-refractivity contribution is 4.46. The maximum atomic E-state index is 4.11. The lowest BCUT2D eigenvalue weighted by atomic mass is 28.5. The van der Waals surface area contributed by atoms with Crippen molar-refractivity contribution in [3.05, 3.63) is 0 Å². The van der Waals surface area contributed by atoms with Crippen LogP contribution in [-0.4, -0.2) is 0 Å². The second-order valence-electron chi connectivity index (χ2n) is 3.57. The highest BCUT2D eigenvalue weighted by atomic mass is 33.4. The first-order valence-electron chi connectivity index (χ1n) is 5.25. The van der Waals surface area contributed by atoms with Gasteiger partial charge in [0.15, 0.2) is 0 Å². The molecule has 24 heavy (non-hydrogen) atoms. The van der Waals surface area contributed by atoms with Gasteiger partial charge in [0.05, 0.1) is 0 Å². The minimum Gasteiger partial charge on any atom is -0.553 e. The molecule has 0 bridgehead atoms. The highest BCUT2D eigenvalue weighted by molar-refractivity contribution is 9.39. The Balaban J connectivity index is 6.24. The summed E-state index contributed by atoms with van der Waals surface area (Å²) < 4.78 is 0. The fraction of sp³-hybridized carbons (Fsp3) is 0. The van der Waals surface area contributed by atoms with E-state index in [1.165, 1.54) is 0 Å². The third-order valence-electron chi connectivity index (χ3n) is 1.89. The van der Waals surface area contributed by atoms with Crippen molar-refractivity contribution < 1.29 is 0 Å². The number of hydrogen-bond donors (Lipinski definition) is 0. The Morgan fingerprint density at radius 2 is 0.750 bits per heavy atom. The molecule has 0 N–H and O–H groups in total. The molecule has 0 fully saturated rings. The van der Waals surface area contributed by atoms with Gasteiger partial charge in [-0.1, -0.05) is 6.99 Å². The van der Waals surface area contributed by atoms with Gasteiger partial charge in [-0.3, -0.25) is 0 Å². The van der Waals surface area contributed by atoms with E-state index in [9.17, 15) is 0 Å². The van der Waals surface area contributed by atoms with Gasteiger partial charge >= 0.3 is 0 Å². The van der Waals surface area contributed by atoms with Crippen molar-refractivity contribution >= 4 is 193 Å². The molecule has 0 rings (SSSR count). The fourth-order valence-corrected chi connectivity index (χ4v) is 284. The van der Waals surface area contributed by atoms with E-state index in [0.717, 1.165) is 0 Å². The Morgan fingerprint density at radius 3 is 0.958 bits per heavy atom. The van der Waals surface area contributed by atoms with E-state index in [1.54, 1.807) is 0 Å². The van der Waals surface area contributed by atoms with Gasteiger partial charge in [-0.15, -0.1) is 89.3 Å². The summed E-state index contributed by atoms with van der Waals surface area (Å²) in [5, 5.41) is 0. The second-order valence-corrected chi connectivity index (χ2v) is 96.4. The molecule has 0 aromatic rings. The van der Waals surface area contributed by atoms with Gasteiger partial charge in [-0.05, 0) is 55.9 Å². The highest BCUT2D eigenvalue weighted by Crippen LogP contribution is 3.34. The lowest BCUT2D eigenvalue weighted by Gasteiger charge is -2.53. The average Bonchev–Trinajstić information content (AvgIpc) is 2.35. The number of hydrogen-bond acceptors (Lipinski definition) is 0. The summed E-state index contributed by atoms with van der Waals surface area (Å²) in [4.78, 5) is 0. The van der Waals surface area contributed by atoms with Crippen molar-refractivity contribution in [1.82, 2.24) is 0 Å². The minimum atomic E-state index is -0.233. The summed E-state index contributed by atoms with van der Waals surface area (Å²) in [6.45, 7) is -0.506. The van der Waals surface area contributed by atoms with Crippen LogP contribution in [0.4, 0.5) is 0 Å². The summed E-state index contributed by atoms with van der Waals surface area (Å²) in [7, 11) is 44.0. The normalized spacial score (nSPS) is 19.6. The molecular formula is H23P24-3. The molecule has 0 aromatic carbocycles. The topological polar surface area (TPSA) is 0 Å². The summed E-state index contributed by atoms with van der Waals surface area (Å²) in [5.74, 6) is 0. The first-order valence-corrected chi connectivity index (χ1v) is 47.3. The van der Waals surface area contributed by atoms with Gasteiger partial charge in [-0.25, -0.2) is 6.99 Å². The summed E-state index contributed by atoms with van der Waals surface area (Å²) in [6, 6.07) is 0. The SMILES string of the molecule is [PH-]P([PH-])P(P)P(P(P)P)P(P(P([PH-])P)P(P)P)P(P(P)P)P(P)P. The maximum absolute atomic E-state index is 4.11. The Labute approximate surface area is 191 Å². The van der Waals surface area contributed by atoms with Crippen molar-refractivity contribution in [3.63, 3.8) is 0 Å². The van der Waals surface area contributed by atoms with Crippen LogP contribution in [0.25, 0.3) is 0 Å². The predicted octanol–water partition coefficient (Wildman–Crippen LogP) is 14.5. The van der Waals surface area contributed by atoms with Crippen LogP contribution >= 0.6 is 193 Å². The lowest BCUT2D eigenvalue weighted by Crippen LogP contribution is -1.60. The minimum absolute atomic E-state index is 0.0178. The Bertz CT molecular complexity index is 285. The van der Waals surface area contributed by atoms with Crippen molar-refractivity contribution in [2.75, 3.05) is 0 Å². The van der Waals surface area contributed by atoms with Crippen LogP contribution in [0.5, 0.6) is 0 Å². The monoisotopic (exact) mass is 767 g/mol. The van der Waals surface area contributed by atoms with E-state index >= 15 is 0 Å². The zero-order chi connectivity index (χ0) is 19.4. The molecule has 0 spiro atoms. The van der Waals surface area contributed by atoms with Gasteiger partial charge in [0.1, 0.15) is 0 Å². The van der Waals surface area contributed by atoms with Crippen LogP contribution in [0.3, 0.4) is 0 Å². The summed E-state index contributed by atoms with van der Waals surface area (Å²) >= 11 is 0. The average molecular weight is 767 g/mol. The van der Waals surface area contributed by atoms with Crippen LogP contribution in [-0.2, 0) is 0 Å². The van der Waals surface area contributed by atoms with Gasteiger partial charge in [0, 0.05) is 0 Å². The molecule has 15 atom stereocenters. The Morgan fingerprint density at radius 1 is 0.417 bits per heavy atom. The molecule has 0 heterocycles. The van der Waals surface area contributed by atoms with Crippen LogP contribution in [0.2, 0.25) is 0 Å². The third kappa shape index (κ3) is 12.5. The Kier molecular flexibility index (Phi) is 26.5. The van der Waals surface area contributed by atoms with E-state index in [0.29, 0.717) is 0 Å². The molecule has 0 aliphatic heterocycles.